The Morgan fingerprint density at radius 2 is 1.75 bits per heavy atom. The number of anilines is 1. The Labute approximate surface area is 226 Å². The van der Waals surface area contributed by atoms with E-state index in [0.717, 1.165) is 5.56 Å². The molecule has 3 atom stereocenters. The van der Waals surface area contributed by atoms with E-state index in [1.54, 1.807) is 55.5 Å². The molecule has 0 bridgehead atoms. The van der Waals surface area contributed by atoms with Crippen LogP contribution in [0.1, 0.15) is 52.9 Å². The molecule has 0 spiro atoms. The molecule has 0 saturated carbocycles. The fraction of sp³-hybridized carbons (Fsp3) is 0.296. The van der Waals surface area contributed by atoms with E-state index in [1.165, 1.54) is 6.07 Å². The third kappa shape index (κ3) is 5.90. The largest absolute Gasteiger partial charge is 0.393 e. The van der Waals surface area contributed by atoms with E-state index in [2.05, 4.69) is 5.32 Å². The topological polar surface area (TPSA) is 83.5 Å². The highest BCUT2D eigenvalue weighted by Gasteiger charge is 2.37. The summed E-state index contributed by atoms with van der Waals surface area (Å²) in [6.45, 7) is 1.73. The monoisotopic (exact) mass is 565 g/mol. The lowest BCUT2D eigenvalue weighted by Gasteiger charge is -2.32. The van der Waals surface area contributed by atoms with E-state index in [1.807, 2.05) is 6.07 Å². The molecule has 36 heavy (non-hydrogen) atoms. The number of aliphatic hydroxyl groups is 1. The van der Waals surface area contributed by atoms with Crippen LogP contribution in [-0.2, 0) is 16.3 Å². The number of amides is 1. The Bertz CT molecular complexity index is 1370. The molecule has 2 N–H and O–H groups in total. The number of hydrogen-bond donors (Lipinski definition) is 2. The fourth-order valence-corrected chi connectivity index (χ4v) is 7.48. The zero-order chi connectivity index (χ0) is 26.0. The second-order valence-corrected chi connectivity index (χ2v) is 12.6. The van der Waals surface area contributed by atoms with Gasteiger partial charge in [-0.3, -0.25) is 4.79 Å². The summed E-state index contributed by atoms with van der Waals surface area (Å²) < 4.78 is 27.6. The average Bonchev–Trinajstić information content (AvgIpc) is 2.82. The lowest BCUT2D eigenvalue weighted by molar-refractivity contribution is 0.102. The zero-order valence-corrected chi connectivity index (χ0v) is 22.6. The van der Waals surface area contributed by atoms with Gasteiger partial charge >= 0.3 is 0 Å². The number of fused-ring (bicyclic) bond motifs is 1. The molecule has 1 amide bonds. The number of sulfone groups is 1. The van der Waals surface area contributed by atoms with Crippen molar-refractivity contribution >= 4 is 56.2 Å². The van der Waals surface area contributed by atoms with Gasteiger partial charge in [-0.15, -0.1) is 0 Å². The molecule has 3 unspecified atom stereocenters. The molecule has 0 saturated heterocycles. The first-order valence-corrected chi connectivity index (χ1v) is 14.3. The summed E-state index contributed by atoms with van der Waals surface area (Å²) in [4.78, 5) is 13.1. The fourth-order valence-electron chi connectivity index (χ4n) is 4.69. The Balaban J connectivity index is 1.71. The van der Waals surface area contributed by atoms with Gasteiger partial charge in [0.1, 0.15) is 0 Å². The van der Waals surface area contributed by atoms with Gasteiger partial charge in [-0.1, -0.05) is 53.0 Å². The number of benzene rings is 3. The van der Waals surface area contributed by atoms with Crippen molar-refractivity contribution in [2.75, 3.05) is 5.32 Å². The first kappa shape index (κ1) is 27.0. The molecule has 4 rings (SSSR count). The minimum absolute atomic E-state index is 0.0911. The highest BCUT2D eigenvalue weighted by atomic mass is 35.5. The molecule has 3 aromatic rings. The van der Waals surface area contributed by atoms with Crippen LogP contribution in [0.15, 0.2) is 65.6 Å². The van der Waals surface area contributed by atoms with Gasteiger partial charge in [0.25, 0.3) is 5.91 Å². The van der Waals surface area contributed by atoms with Crippen LogP contribution in [0, 0.1) is 5.92 Å². The zero-order valence-electron chi connectivity index (χ0n) is 19.5. The van der Waals surface area contributed by atoms with E-state index >= 15 is 0 Å². The molecule has 1 aliphatic carbocycles. The highest BCUT2D eigenvalue weighted by Crippen LogP contribution is 2.44. The van der Waals surface area contributed by atoms with Crippen LogP contribution < -0.4 is 5.32 Å². The number of rotatable bonds is 7. The van der Waals surface area contributed by atoms with Crippen molar-refractivity contribution in [1.82, 2.24) is 0 Å². The van der Waals surface area contributed by atoms with Crippen LogP contribution >= 0.6 is 34.8 Å². The normalized spacial score (nSPS) is 18.4. The van der Waals surface area contributed by atoms with Crippen molar-refractivity contribution in [3.05, 3.63) is 92.4 Å². The molecule has 3 aromatic carbocycles. The first-order chi connectivity index (χ1) is 17.1. The molecule has 190 valence electrons. The first-order valence-electron chi connectivity index (χ1n) is 11.6. The molecule has 5 nitrogen and oxygen atoms in total. The van der Waals surface area contributed by atoms with Crippen LogP contribution in [0.5, 0.6) is 0 Å². The molecular weight excluding hydrogens is 541 g/mol. The summed E-state index contributed by atoms with van der Waals surface area (Å²) in [6, 6.07) is 16.4. The highest BCUT2D eigenvalue weighted by molar-refractivity contribution is 7.91. The standard InChI is InChI=1S/C27H26Cl3NO4S/c1-16(32)8-9-17-12-18-10-11-20(31-27(33)26-23(29)6-3-7-24(26)30)15-22(18)25(13-17)36(34,35)21-5-2-4-19(28)14-21/h2-7,10-11,14-17,25,32H,8-9,12-13H2,1H3,(H,31,33). The van der Waals surface area contributed by atoms with E-state index in [9.17, 15) is 18.3 Å². The SMILES string of the molecule is CC(O)CCC1Cc2ccc(NC(=O)c3c(Cl)cccc3Cl)cc2C(S(=O)(=O)c2cccc(Cl)c2)C1. The summed E-state index contributed by atoms with van der Waals surface area (Å²) in [5, 5.41) is 12.5. The minimum Gasteiger partial charge on any atom is -0.393 e. The van der Waals surface area contributed by atoms with Crippen LogP contribution in [0.4, 0.5) is 5.69 Å². The van der Waals surface area contributed by atoms with Crippen molar-refractivity contribution in [3.63, 3.8) is 0 Å². The van der Waals surface area contributed by atoms with E-state index in [-0.39, 0.29) is 26.4 Å². The second-order valence-electron chi connectivity index (χ2n) is 9.19. The van der Waals surface area contributed by atoms with Crippen molar-refractivity contribution in [2.24, 2.45) is 5.92 Å². The molecule has 0 aliphatic heterocycles. The second kappa shape index (κ2) is 11.1. The van der Waals surface area contributed by atoms with E-state index in [4.69, 9.17) is 34.8 Å². The van der Waals surface area contributed by atoms with Gasteiger partial charge in [0.2, 0.25) is 0 Å². The summed E-state index contributed by atoms with van der Waals surface area (Å²) in [5.74, 6) is -0.390. The van der Waals surface area contributed by atoms with Gasteiger partial charge in [0, 0.05) is 10.7 Å². The third-order valence-electron chi connectivity index (χ3n) is 6.49. The lowest BCUT2D eigenvalue weighted by atomic mass is 9.80. The van der Waals surface area contributed by atoms with Crippen LogP contribution in [-0.4, -0.2) is 25.5 Å². The third-order valence-corrected chi connectivity index (χ3v) is 9.46. The van der Waals surface area contributed by atoms with Crippen LogP contribution in [0.3, 0.4) is 0 Å². The van der Waals surface area contributed by atoms with Crippen LogP contribution in [0.25, 0.3) is 0 Å². The number of nitrogens with one attached hydrogen (secondary N) is 1. The maximum absolute atomic E-state index is 13.8. The van der Waals surface area contributed by atoms with Gasteiger partial charge in [-0.25, -0.2) is 8.42 Å². The number of aliphatic hydroxyl groups excluding tert-OH is 1. The minimum atomic E-state index is -3.78. The average molecular weight is 567 g/mol. The summed E-state index contributed by atoms with van der Waals surface area (Å²) in [7, 11) is -3.78. The number of hydrogen-bond acceptors (Lipinski definition) is 4. The predicted molar refractivity (Wildman–Crippen MR) is 145 cm³/mol. The number of carbonyl (C=O) groups excluding carboxylic acids is 1. The number of halogens is 3. The Morgan fingerprint density at radius 1 is 1.06 bits per heavy atom. The summed E-state index contributed by atoms with van der Waals surface area (Å²) in [5.41, 5.74) is 2.15. The lowest BCUT2D eigenvalue weighted by Crippen LogP contribution is -2.26. The smallest absolute Gasteiger partial charge is 0.258 e. The van der Waals surface area contributed by atoms with Crippen molar-refractivity contribution in [1.29, 1.82) is 0 Å². The van der Waals surface area contributed by atoms with Gasteiger partial charge in [0.15, 0.2) is 9.84 Å². The molecular formula is C27H26Cl3NO4S. The molecule has 0 heterocycles. The van der Waals surface area contributed by atoms with E-state index in [0.29, 0.717) is 42.0 Å². The van der Waals surface area contributed by atoms with Crippen molar-refractivity contribution in [2.45, 2.75) is 48.9 Å². The van der Waals surface area contributed by atoms with Crippen molar-refractivity contribution < 1.29 is 18.3 Å². The molecule has 0 aromatic heterocycles. The van der Waals surface area contributed by atoms with Gasteiger partial charge in [-0.2, -0.15) is 0 Å². The maximum atomic E-state index is 13.8. The number of carbonyl (C=O) groups is 1. The molecule has 0 radical (unpaired) electrons. The molecule has 0 fully saturated rings. The van der Waals surface area contributed by atoms with Gasteiger partial charge < -0.3 is 10.4 Å². The van der Waals surface area contributed by atoms with Crippen LogP contribution in [0.2, 0.25) is 15.1 Å². The Kier molecular flexibility index (Phi) is 8.32. The maximum Gasteiger partial charge on any atom is 0.258 e. The Hall–Kier alpha value is -2.09. The predicted octanol–water partition coefficient (Wildman–Crippen LogP) is 7.14. The van der Waals surface area contributed by atoms with Gasteiger partial charge in [-0.05, 0) is 92.1 Å². The van der Waals surface area contributed by atoms with Gasteiger partial charge in [0.05, 0.1) is 31.9 Å². The summed E-state index contributed by atoms with van der Waals surface area (Å²) in [6.07, 6.45) is 1.94. The van der Waals surface area contributed by atoms with E-state index < -0.39 is 27.1 Å². The Morgan fingerprint density at radius 3 is 2.42 bits per heavy atom. The molecule has 9 heteroatoms. The summed E-state index contributed by atoms with van der Waals surface area (Å²) >= 11 is 18.5. The quantitative estimate of drug-likeness (QED) is 0.318. The molecule has 1 aliphatic rings. The van der Waals surface area contributed by atoms with Crippen molar-refractivity contribution in [3.8, 4) is 0 Å².